The van der Waals surface area contributed by atoms with E-state index in [0.29, 0.717) is 6.04 Å². The molecule has 78 valence electrons. The smallest absolute Gasteiger partial charge is 0.0523 e. The van der Waals surface area contributed by atoms with Gasteiger partial charge in [-0.05, 0) is 30.9 Å². The summed E-state index contributed by atoms with van der Waals surface area (Å²) in [5.74, 6) is 0. The van der Waals surface area contributed by atoms with Gasteiger partial charge < -0.3 is 5.73 Å². The minimum absolute atomic E-state index is 0.290. The van der Waals surface area contributed by atoms with E-state index in [1.54, 1.807) is 0 Å². The summed E-state index contributed by atoms with van der Waals surface area (Å²) in [6.45, 7) is 4.50. The van der Waals surface area contributed by atoms with Crippen molar-refractivity contribution in [3.63, 3.8) is 0 Å². The van der Waals surface area contributed by atoms with Crippen LogP contribution in [0.3, 0.4) is 0 Å². The predicted molar refractivity (Wildman–Crippen MR) is 59.3 cm³/mol. The quantitative estimate of drug-likeness (QED) is 0.826. The minimum Gasteiger partial charge on any atom is -0.326 e. The molecule has 0 radical (unpaired) electrons. The molecule has 1 aromatic rings. The van der Waals surface area contributed by atoms with Gasteiger partial charge in [0.15, 0.2) is 0 Å². The molecule has 0 spiro atoms. The van der Waals surface area contributed by atoms with Crippen LogP contribution >= 0.6 is 11.5 Å². The number of hydrogen-bond acceptors (Lipinski definition) is 4. The van der Waals surface area contributed by atoms with E-state index in [-0.39, 0.29) is 6.04 Å². The molecule has 1 aliphatic heterocycles. The van der Waals surface area contributed by atoms with Crippen molar-refractivity contribution in [2.75, 3.05) is 13.1 Å². The van der Waals surface area contributed by atoms with Crippen LogP contribution in [0.4, 0.5) is 0 Å². The molecule has 0 aliphatic carbocycles. The summed E-state index contributed by atoms with van der Waals surface area (Å²) < 4.78 is 4.16. The third-order valence-corrected chi connectivity index (χ3v) is 3.46. The Bertz CT molecular complexity index is 271. The molecule has 2 atom stereocenters. The molecule has 0 saturated carbocycles. The van der Waals surface area contributed by atoms with E-state index in [4.69, 9.17) is 5.73 Å². The first kappa shape index (κ1) is 10.1. The lowest BCUT2D eigenvalue weighted by atomic mass is 10.0. The molecule has 14 heavy (non-hydrogen) atoms. The standard InChI is InChI=1S/C10H17N3S/c1-2-4-13-5-3-9(11)10(13)8-6-12-14-7-8/h6-7,9-10H,2-5,11H2,1H3/t9-,10+/m1/s1. The Balaban J connectivity index is 2.13. The summed E-state index contributed by atoms with van der Waals surface area (Å²) in [5.41, 5.74) is 7.43. The first-order chi connectivity index (χ1) is 6.83. The number of rotatable bonds is 3. The van der Waals surface area contributed by atoms with Crippen molar-refractivity contribution in [1.82, 2.24) is 9.27 Å². The summed E-state index contributed by atoms with van der Waals surface area (Å²) in [6, 6.07) is 0.701. The van der Waals surface area contributed by atoms with Crippen LogP contribution in [0.1, 0.15) is 31.4 Å². The summed E-state index contributed by atoms with van der Waals surface area (Å²) in [4.78, 5) is 2.48. The van der Waals surface area contributed by atoms with Crippen LogP contribution in [0.25, 0.3) is 0 Å². The highest BCUT2D eigenvalue weighted by Crippen LogP contribution is 2.31. The Hall–Kier alpha value is -0.450. The number of likely N-dealkylation sites (tertiary alicyclic amines) is 1. The second kappa shape index (κ2) is 4.38. The highest BCUT2D eigenvalue weighted by molar-refractivity contribution is 7.03. The molecule has 3 nitrogen and oxygen atoms in total. The zero-order valence-corrected chi connectivity index (χ0v) is 9.33. The molecule has 2 N–H and O–H groups in total. The van der Waals surface area contributed by atoms with E-state index in [0.717, 1.165) is 19.5 Å². The van der Waals surface area contributed by atoms with Gasteiger partial charge in [0.05, 0.1) is 6.04 Å². The van der Waals surface area contributed by atoms with Crippen molar-refractivity contribution in [1.29, 1.82) is 0 Å². The highest BCUT2D eigenvalue weighted by atomic mass is 32.1. The number of nitrogens with two attached hydrogens (primary N) is 1. The topological polar surface area (TPSA) is 42.1 Å². The zero-order valence-electron chi connectivity index (χ0n) is 8.52. The van der Waals surface area contributed by atoms with Gasteiger partial charge in [0.1, 0.15) is 0 Å². The normalized spacial score (nSPS) is 28.4. The van der Waals surface area contributed by atoms with Crippen LogP contribution in [-0.2, 0) is 0 Å². The number of aromatic nitrogens is 1. The summed E-state index contributed by atoms with van der Waals surface area (Å²) in [5, 5.41) is 2.12. The maximum Gasteiger partial charge on any atom is 0.0523 e. The predicted octanol–water partition coefficient (Wildman–Crippen LogP) is 1.63. The average molecular weight is 211 g/mol. The van der Waals surface area contributed by atoms with Crippen LogP contribution in [0.15, 0.2) is 11.6 Å². The van der Waals surface area contributed by atoms with E-state index in [2.05, 4.69) is 21.6 Å². The maximum absolute atomic E-state index is 6.13. The van der Waals surface area contributed by atoms with E-state index >= 15 is 0 Å². The molecule has 2 heterocycles. The molecule has 1 fully saturated rings. The van der Waals surface area contributed by atoms with Crippen LogP contribution in [0.5, 0.6) is 0 Å². The third kappa shape index (κ3) is 1.82. The van der Waals surface area contributed by atoms with Crippen LogP contribution < -0.4 is 5.73 Å². The number of hydrogen-bond donors (Lipinski definition) is 1. The van der Waals surface area contributed by atoms with Crippen molar-refractivity contribution >= 4 is 11.5 Å². The molecule has 0 bridgehead atoms. The maximum atomic E-state index is 6.13. The fraction of sp³-hybridized carbons (Fsp3) is 0.700. The molecule has 0 unspecified atom stereocenters. The van der Waals surface area contributed by atoms with Gasteiger partial charge in [-0.15, -0.1) is 0 Å². The fourth-order valence-corrected chi connectivity index (χ4v) is 2.80. The number of nitrogens with zero attached hydrogens (tertiary/aromatic N) is 2. The van der Waals surface area contributed by atoms with E-state index < -0.39 is 0 Å². The molecule has 1 saturated heterocycles. The Morgan fingerprint density at radius 1 is 1.71 bits per heavy atom. The van der Waals surface area contributed by atoms with E-state index in [1.165, 1.54) is 23.5 Å². The highest BCUT2D eigenvalue weighted by Gasteiger charge is 2.32. The van der Waals surface area contributed by atoms with Gasteiger partial charge in [0.2, 0.25) is 0 Å². The summed E-state index contributed by atoms with van der Waals surface area (Å²) >= 11 is 1.52. The lowest BCUT2D eigenvalue weighted by Crippen LogP contribution is -2.31. The molecule has 1 aliphatic rings. The molecule has 4 heteroatoms. The zero-order chi connectivity index (χ0) is 9.97. The Kier molecular flexibility index (Phi) is 3.15. The first-order valence-corrected chi connectivity index (χ1v) is 6.05. The molecule has 0 aromatic carbocycles. The Morgan fingerprint density at radius 2 is 2.57 bits per heavy atom. The molecule has 2 rings (SSSR count). The van der Waals surface area contributed by atoms with Crippen LogP contribution in [0, 0.1) is 0 Å². The van der Waals surface area contributed by atoms with Crippen molar-refractivity contribution in [2.45, 2.75) is 31.8 Å². The molecule has 1 aromatic heterocycles. The minimum atomic E-state index is 0.290. The lowest BCUT2D eigenvalue weighted by Gasteiger charge is -2.25. The van der Waals surface area contributed by atoms with E-state index in [1.807, 2.05) is 6.20 Å². The molecular formula is C10H17N3S. The SMILES string of the molecule is CCCN1CC[C@@H](N)[C@@H]1c1cnsc1. The molecule has 0 amide bonds. The Morgan fingerprint density at radius 3 is 3.21 bits per heavy atom. The van der Waals surface area contributed by atoms with Gasteiger partial charge >= 0.3 is 0 Å². The fourth-order valence-electron chi connectivity index (χ4n) is 2.24. The second-order valence-electron chi connectivity index (χ2n) is 3.89. The van der Waals surface area contributed by atoms with E-state index in [9.17, 15) is 0 Å². The van der Waals surface area contributed by atoms with Crippen molar-refractivity contribution < 1.29 is 0 Å². The van der Waals surface area contributed by atoms with Gasteiger partial charge in [-0.2, -0.15) is 0 Å². The summed E-state index contributed by atoms with van der Waals surface area (Å²) in [7, 11) is 0. The first-order valence-electron chi connectivity index (χ1n) is 5.22. The molecular weight excluding hydrogens is 194 g/mol. The van der Waals surface area contributed by atoms with Crippen molar-refractivity contribution in [3.8, 4) is 0 Å². The van der Waals surface area contributed by atoms with Gasteiger partial charge in [0, 0.05) is 29.7 Å². The Labute approximate surface area is 89.1 Å². The van der Waals surface area contributed by atoms with Gasteiger partial charge in [-0.1, -0.05) is 6.92 Å². The van der Waals surface area contributed by atoms with Gasteiger partial charge in [-0.25, -0.2) is 4.37 Å². The largest absolute Gasteiger partial charge is 0.326 e. The van der Waals surface area contributed by atoms with Crippen molar-refractivity contribution in [2.24, 2.45) is 5.73 Å². The second-order valence-corrected chi connectivity index (χ2v) is 4.55. The third-order valence-electron chi connectivity index (χ3n) is 2.85. The van der Waals surface area contributed by atoms with Gasteiger partial charge in [-0.3, -0.25) is 4.90 Å². The lowest BCUT2D eigenvalue weighted by molar-refractivity contribution is 0.248. The average Bonchev–Trinajstić information content (AvgIpc) is 2.76. The van der Waals surface area contributed by atoms with Crippen LogP contribution in [0.2, 0.25) is 0 Å². The van der Waals surface area contributed by atoms with Crippen LogP contribution in [-0.4, -0.2) is 28.4 Å². The summed E-state index contributed by atoms with van der Waals surface area (Å²) in [6.07, 6.45) is 4.27. The van der Waals surface area contributed by atoms with Crippen molar-refractivity contribution in [3.05, 3.63) is 17.1 Å². The van der Waals surface area contributed by atoms with Gasteiger partial charge in [0.25, 0.3) is 0 Å². The monoisotopic (exact) mass is 211 g/mol.